The van der Waals surface area contributed by atoms with Gasteiger partial charge in [0.2, 0.25) is 0 Å². The molecule has 0 aliphatic heterocycles. The molecule has 0 fully saturated rings. The summed E-state index contributed by atoms with van der Waals surface area (Å²) in [6.07, 6.45) is 3.70. The van der Waals surface area contributed by atoms with E-state index in [1.165, 1.54) is 0 Å². The molecule has 0 saturated heterocycles. The number of aromatic amines is 1. The van der Waals surface area contributed by atoms with Crippen LogP contribution in [-0.4, -0.2) is 38.8 Å². The molecule has 1 atom stereocenters. The number of benzene rings is 1. The molecule has 0 aliphatic carbocycles. The van der Waals surface area contributed by atoms with Crippen LogP contribution in [0.5, 0.6) is 5.75 Å². The summed E-state index contributed by atoms with van der Waals surface area (Å²) in [6.45, 7) is 11.8. The maximum absolute atomic E-state index is 11.3. The fourth-order valence-electron chi connectivity index (χ4n) is 3.10. The summed E-state index contributed by atoms with van der Waals surface area (Å²) in [5.74, 6) is 0.212. The maximum Gasteiger partial charge on any atom is 0.524 e. The van der Waals surface area contributed by atoms with Crippen molar-refractivity contribution in [2.45, 2.75) is 39.7 Å². The first-order valence-corrected chi connectivity index (χ1v) is 10.00. The van der Waals surface area contributed by atoms with Gasteiger partial charge in [-0.3, -0.25) is 14.7 Å². The summed E-state index contributed by atoms with van der Waals surface area (Å²) in [6, 6.07) is 5.63. The highest BCUT2D eigenvalue weighted by molar-refractivity contribution is 7.46. The van der Waals surface area contributed by atoms with Crippen molar-refractivity contribution in [1.82, 2.24) is 9.88 Å². The lowest BCUT2D eigenvalue weighted by Crippen LogP contribution is -2.34. The van der Waals surface area contributed by atoms with Crippen LogP contribution in [-0.2, 0) is 11.0 Å². The van der Waals surface area contributed by atoms with E-state index < -0.39 is 7.82 Å². The molecule has 0 spiro atoms. The third-order valence-electron chi connectivity index (χ3n) is 4.55. The number of phosphoric ester groups is 1. The molecule has 0 amide bonds. The molecule has 2 rings (SSSR count). The van der Waals surface area contributed by atoms with Crippen LogP contribution in [0.4, 0.5) is 0 Å². The lowest BCUT2D eigenvalue weighted by molar-refractivity contribution is 0.229. The highest BCUT2D eigenvalue weighted by atomic mass is 31.2. The SMILES string of the molecule is C=CCN(CCc1c(C)[nH]c2cccc(OP(=O)(O)O)c12)C(C)CC. The summed E-state index contributed by atoms with van der Waals surface area (Å²) in [5.41, 5.74) is 2.83. The zero-order valence-electron chi connectivity index (χ0n) is 15.0. The van der Waals surface area contributed by atoms with Crippen LogP contribution < -0.4 is 4.52 Å². The molecule has 1 aromatic carbocycles. The van der Waals surface area contributed by atoms with E-state index in [0.717, 1.165) is 48.1 Å². The summed E-state index contributed by atoms with van der Waals surface area (Å²) < 4.78 is 16.2. The molecule has 0 bridgehead atoms. The first-order valence-electron chi connectivity index (χ1n) is 8.47. The van der Waals surface area contributed by atoms with Gasteiger partial charge in [0.1, 0.15) is 5.75 Å². The molecule has 1 heterocycles. The average molecular weight is 366 g/mol. The number of hydrogen-bond acceptors (Lipinski definition) is 3. The number of aryl methyl sites for hydroxylation is 1. The van der Waals surface area contributed by atoms with Gasteiger partial charge in [0.05, 0.1) is 0 Å². The van der Waals surface area contributed by atoms with Gasteiger partial charge >= 0.3 is 7.82 Å². The van der Waals surface area contributed by atoms with Crippen molar-refractivity contribution in [2.24, 2.45) is 0 Å². The van der Waals surface area contributed by atoms with E-state index in [9.17, 15) is 14.4 Å². The van der Waals surface area contributed by atoms with Crippen molar-refractivity contribution in [3.05, 3.63) is 42.1 Å². The van der Waals surface area contributed by atoms with Gasteiger partial charge in [0.25, 0.3) is 0 Å². The number of rotatable bonds is 9. The Morgan fingerprint density at radius 2 is 2.16 bits per heavy atom. The smallest absolute Gasteiger partial charge is 0.404 e. The summed E-state index contributed by atoms with van der Waals surface area (Å²) in [5, 5.41) is 0.742. The van der Waals surface area contributed by atoms with E-state index in [1.807, 2.05) is 19.1 Å². The second-order valence-corrected chi connectivity index (χ2v) is 7.44. The molecular weight excluding hydrogens is 339 g/mol. The minimum Gasteiger partial charge on any atom is -0.404 e. The first kappa shape index (κ1) is 19.7. The van der Waals surface area contributed by atoms with Crippen molar-refractivity contribution in [3.8, 4) is 5.75 Å². The third-order valence-corrected chi connectivity index (χ3v) is 4.98. The molecule has 25 heavy (non-hydrogen) atoms. The number of aromatic nitrogens is 1. The van der Waals surface area contributed by atoms with Crippen LogP contribution in [0.2, 0.25) is 0 Å². The van der Waals surface area contributed by atoms with E-state index in [1.54, 1.807) is 12.1 Å². The molecule has 2 aromatic rings. The summed E-state index contributed by atoms with van der Waals surface area (Å²) >= 11 is 0. The van der Waals surface area contributed by atoms with Gasteiger partial charge in [-0.2, -0.15) is 0 Å². The minimum absolute atomic E-state index is 0.212. The zero-order valence-corrected chi connectivity index (χ0v) is 15.9. The monoisotopic (exact) mass is 366 g/mol. The molecule has 1 aromatic heterocycles. The van der Waals surface area contributed by atoms with E-state index in [2.05, 4.69) is 30.3 Å². The van der Waals surface area contributed by atoms with Crippen molar-refractivity contribution >= 4 is 18.7 Å². The Kier molecular flexibility index (Phi) is 6.47. The fraction of sp³-hybridized carbons (Fsp3) is 0.444. The van der Waals surface area contributed by atoms with Gasteiger partial charge in [-0.15, -0.1) is 6.58 Å². The molecular formula is C18H27N2O4P. The van der Waals surface area contributed by atoms with Crippen molar-refractivity contribution < 1.29 is 18.9 Å². The average Bonchev–Trinajstić information content (AvgIpc) is 2.85. The first-order chi connectivity index (χ1) is 11.8. The third kappa shape index (κ3) is 4.95. The van der Waals surface area contributed by atoms with Crippen molar-refractivity contribution in [2.75, 3.05) is 13.1 Å². The Bertz CT molecular complexity index is 781. The van der Waals surface area contributed by atoms with Gasteiger partial charge < -0.3 is 9.51 Å². The van der Waals surface area contributed by atoms with Crippen molar-refractivity contribution in [3.63, 3.8) is 0 Å². The molecule has 0 saturated carbocycles. The Labute approximate surface area is 148 Å². The number of fused-ring (bicyclic) bond motifs is 1. The van der Waals surface area contributed by atoms with Gasteiger partial charge in [0.15, 0.2) is 0 Å². The molecule has 7 heteroatoms. The second kappa shape index (κ2) is 8.19. The quantitative estimate of drug-likeness (QED) is 0.464. The molecule has 138 valence electrons. The Hall–Kier alpha value is -1.59. The van der Waals surface area contributed by atoms with E-state index >= 15 is 0 Å². The van der Waals surface area contributed by atoms with Crippen LogP contribution in [0.3, 0.4) is 0 Å². The van der Waals surface area contributed by atoms with Gasteiger partial charge in [-0.05, 0) is 44.4 Å². The topological polar surface area (TPSA) is 85.8 Å². The van der Waals surface area contributed by atoms with Gasteiger partial charge in [0, 0.05) is 35.7 Å². The predicted octanol–water partition coefficient (Wildman–Crippen LogP) is 3.78. The fourth-order valence-corrected chi connectivity index (χ4v) is 3.51. The van der Waals surface area contributed by atoms with Crippen LogP contribution in [0, 0.1) is 6.92 Å². The Morgan fingerprint density at radius 3 is 2.76 bits per heavy atom. The van der Waals surface area contributed by atoms with E-state index in [4.69, 9.17) is 4.52 Å². The second-order valence-electron chi connectivity index (χ2n) is 6.28. The number of phosphoric acid groups is 1. The van der Waals surface area contributed by atoms with Crippen LogP contribution >= 0.6 is 7.82 Å². The molecule has 1 unspecified atom stereocenters. The largest absolute Gasteiger partial charge is 0.524 e. The standard InChI is InChI=1S/C18H27N2O4P/c1-5-11-20(13(3)6-2)12-10-15-14(4)19-16-8-7-9-17(18(15)16)24-25(21,22)23/h5,7-9,13,19H,1,6,10-12H2,2-4H3,(H2,21,22,23). The number of H-pyrrole nitrogens is 1. The minimum atomic E-state index is -4.61. The number of hydrogen-bond donors (Lipinski definition) is 3. The number of nitrogens with zero attached hydrogens (tertiary/aromatic N) is 1. The van der Waals surface area contributed by atoms with E-state index in [-0.39, 0.29) is 5.75 Å². The maximum atomic E-state index is 11.3. The van der Waals surface area contributed by atoms with E-state index in [0.29, 0.717) is 6.04 Å². The number of nitrogens with one attached hydrogen (secondary N) is 1. The molecule has 0 aliphatic rings. The highest BCUT2D eigenvalue weighted by Gasteiger charge is 2.21. The lowest BCUT2D eigenvalue weighted by Gasteiger charge is -2.27. The molecule has 0 radical (unpaired) electrons. The predicted molar refractivity (Wildman–Crippen MR) is 101 cm³/mol. The van der Waals surface area contributed by atoms with Crippen LogP contribution in [0.25, 0.3) is 10.9 Å². The molecule has 6 nitrogen and oxygen atoms in total. The Balaban J connectivity index is 2.35. The van der Waals surface area contributed by atoms with Crippen LogP contribution in [0.15, 0.2) is 30.9 Å². The van der Waals surface area contributed by atoms with Gasteiger partial charge in [-0.25, -0.2) is 4.57 Å². The molecule has 3 N–H and O–H groups in total. The summed E-state index contributed by atoms with van der Waals surface area (Å²) in [4.78, 5) is 24.0. The zero-order chi connectivity index (χ0) is 18.6. The normalized spacial score (nSPS) is 13.4. The summed E-state index contributed by atoms with van der Waals surface area (Å²) in [7, 11) is -4.61. The van der Waals surface area contributed by atoms with Crippen LogP contribution in [0.1, 0.15) is 31.5 Å². The van der Waals surface area contributed by atoms with Gasteiger partial charge in [-0.1, -0.05) is 19.1 Å². The highest BCUT2D eigenvalue weighted by Crippen LogP contribution is 2.42. The lowest BCUT2D eigenvalue weighted by atomic mass is 10.1. The Morgan fingerprint density at radius 1 is 1.44 bits per heavy atom. The van der Waals surface area contributed by atoms with Crippen molar-refractivity contribution in [1.29, 1.82) is 0 Å².